The number of nitro groups is 1. The van der Waals surface area contributed by atoms with Gasteiger partial charge in [-0.25, -0.2) is 4.79 Å². The third-order valence-corrected chi connectivity index (χ3v) is 3.77. The van der Waals surface area contributed by atoms with E-state index in [9.17, 15) is 25.1 Å². The third-order valence-electron chi connectivity index (χ3n) is 3.77. The standard InChI is InChI=1S/C18H19NO7/c1-18(17(21)22,26-16-8-6-15(20)7-9-16)10-11-25-12-13-2-4-14(5-3-13)19(23)24/h2-9,20H,10-12H2,1H3,(H,21,22). The van der Waals surface area contributed by atoms with Crippen LogP contribution < -0.4 is 4.74 Å². The van der Waals surface area contributed by atoms with E-state index in [1.54, 1.807) is 12.1 Å². The highest BCUT2D eigenvalue weighted by atomic mass is 16.6. The third kappa shape index (κ3) is 5.18. The van der Waals surface area contributed by atoms with Gasteiger partial charge in [0.15, 0.2) is 0 Å². The fourth-order valence-corrected chi connectivity index (χ4v) is 2.15. The number of nitro benzene ring substituents is 1. The van der Waals surface area contributed by atoms with Gasteiger partial charge in [-0.05, 0) is 48.9 Å². The molecule has 2 aromatic carbocycles. The maximum atomic E-state index is 11.6. The minimum atomic E-state index is -1.49. The molecular formula is C18H19NO7. The normalized spacial score (nSPS) is 13.0. The number of benzene rings is 2. The molecule has 26 heavy (non-hydrogen) atoms. The molecule has 1 atom stereocenters. The van der Waals surface area contributed by atoms with Crippen LogP contribution in [0.3, 0.4) is 0 Å². The van der Waals surface area contributed by atoms with Gasteiger partial charge in [0.1, 0.15) is 11.5 Å². The fraction of sp³-hybridized carbons (Fsp3) is 0.278. The summed E-state index contributed by atoms with van der Waals surface area (Å²) in [7, 11) is 0. The summed E-state index contributed by atoms with van der Waals surface area (Å²) in [6.07, 6.45) is 0.0934. The Bertz CT molecular complexity index is 758. The van der Waals surface area contributed by atoms with Crippen LogP contribution in [0.25, 0.3) is 0 Å². The molecule has 0 aromatic heterocycles. The molecule has 2 N–H and O–H groups in total. The summed E-state index contributed by atoms with van der Waals surface area (Å²) >= 11 is 0. The molecule has 0 spiro atoms. The number of carboxylic acid groups (broad SMARTS) is 1. The quantitative estimate of drug-likeness (QED) is 0.400. The highest BCUT2D eigenvalue weighted by Crippen LogP contribution is 2.24. The first-order chi connectivity index (χ1) is 12.3. The summed E-state index contributed by atoms with van der Waals surface area (Å²) in [5.41, 5.74) is -0.756. The molecule has 8 nitrogen and oxygen atoms in total. The number of carbonyl (C=O) groups is 1. The van der Waals surface area contributed by atoms with E-state index >= 15 is 0 Å². The maximum Gasteiger partial charge on any atom is 0.347 e. The summed E-state index contributed by atoms with van der Waals surface area (Å²) in [4.78, 5) is 21.7. The number of carboxylic acids is 1. The Morgan fingerprint density at radius 1 is 1.15 bits per heavy atom. The van der Waals surface area contributed by atoms with Crippen LogP contribution in [0.2, 0.25) is 0 Å². The Balaban J connectivity index is 1.88. The molecule has 0 saturated heterocycles. The van der Waals surface area contributed by atoms with Crippen LogP contribution in [-0.2, 0) is 16.1 Å². The van der Waals surface area contributed by atoms with Crippen molar-refractivity contribution < 1.29 is 29.4 Å². The number of hydrogen-bond donors (Lipinski definition) is 2. The van der Waals surface area contributed by atoms with Gasteiger partial charge < -0.3 is 19.7 Å². The molecule has 0 heterocycles. The smallest absolute Gasteiger partial charge is 0.347 e. The van der Waals surface area contributed by atoms with Crippen molar-refractivity contribution in [2.24, 2.45) is 0 Å². The van der Waals surface area contributed by atoms with Crippen LogP contribution in [0, 0.1) is 10.1 Å². The van der Waals surface area contributed by atoms with Crippen molar-refractivity contribution in [2.45, 2.75) is 25.6 Å². The number of aliphatic carboxylic acids is 1. The lowest BCUT2D eigenvalue weighted by molar-refractivity contribution is -0.384. The average Bonchev–Trinajstić information content (AvgIpc) is 2.61. The van der Waals surface area contributed by atoms with Crippen LogP contribution in [-0.4, -0.2) is 33.3 Å². The Labute approximate surface area is 149 Å². The number of phenols is 1. The van der Waals surface area contributed by atoms with Crippen LogP contribution in [0.15, 0.2) is 48.5 Å². The van der Waals surface area contributed by atoms with Crippen molar-refractivity contribution >= 4 is 11.7 Å². The van der Waals surface area contributed by atoms with Crippen LogP contribution in [0.5, 0.6) is 11.5 Å². The minimum Gasteiger partial charge on any atom is -0.508 e. The highest BCUT2D eigenvalue weighted by Gasteiger charge is 2.35. The number of hydrogen-bond acceptors (Lipinski definition) is 6. The van der Waals surface area contributed by atoms with Gasteiger partial charge in [-0.3, -0.25) is 10.1 Å². The molecule has 1 unspecified atom stereocenters. The molecule has 2 aromatic rings. The molecule has 0 fully saturated rings. The van der Waals surface area contributed by atoms with Gasteiger partial charge in [-0.2, -0.15) is 0 Å². The Kier molecular flexibility index (Phi) is 6.13. The molecular weight excluding hydrogens is 342 g/mol. The number of rotatable bonds is 9. The lowest BCUT2D eigenvalue weighted by Gasteiger charge is -2.26. The first kappa shape index (κ1) is 19.2. The number of non-ortho nitro benzene ring substituents is 1. The lowest BCUT2D eigenvalue weighted by atomic mass is 10.0. The summed E-state index contributed by atoms with van der Waals surface area (Å²) < 4.78 is 11.0. The summed E-state index contributed by atoms with van der Waals surface area (Å²) in [6, 6.07) is 11.7. The minimum absolute atomic E-state index is 0.00509. The topological polar surface area (TPSA) is 119 Å². The fourth-order valence-electron chi connectivity index (χ4n) is 2.15. The van der Waals surface area contributed by atoms with Crippen LogP contribution in [0.1, 0.15) is 18.9 Å². The van der Waals surface area contributed by atoms with E-state index in [1.165, 1.54) is 43.3 Å². The van der Waals surface area contributed by atoms with E-state index < -0.39 is 16.5 Å². The van der Waals surface area contributed by atoms with Gasteiger partial charge >= 0.3 is 5.97 Å². The molecule has 0 aliphatic carbocycles. The van der Waals surface area contributed by atoms with Crippen LogP contribution in [0.4, 0.5) is 5.69 Å². The Morgan fingerprint density at radius 2 is 1.77 bits per heavy atom. The maximum absolute atomic E-state index is 11.6. The zero-order valence-electron chi connectivity index (χ0n) is 14.1. The first-order valence-electron chi connectivity index (χ1n) is 7.83. The van der Waals surface area contributed by atoms with Crippen molar-refractivity contribution in [3.05, 3.63) is 64.2 Å². The number of phenolic OH excluding ortho intramolecular Hbond substituents is 1. The van der Waals surface area contributed by atoms with Gasteiger partial charge in [0.2, 0.25) is 5.60 Å². The van der Waals surface area contributed by atoms with E-state index in [0.717, 1.165) is 5.56 Å². The number of nitrogens with zero attached hydrogens (tertiary/aromatic N) is 1. The molecule has 0 aliphatic rings. The van der Waals surface area contributed by atoms with Crippen molar-refractivity contribution in [2.75, 3.05) is 6.61 Å². The zero-order chi connectivity index (χ0) is 19.2. The predicted octanol–water partition coefficient (Wildman–Crippen LogP) is 3.13. The second-order valence-electron chi connectivity index (χ2n) is 5.86. The van der Waals surface area contributed by atoms with Crippen molar-refractivity contribution in [1.29, 1.82) is 0 Å². The van der Waals surface area contributed by atoms with E-state index in [-0.39, 0.29) is 31.1 Å². The number of ether oxygens (including phenoxy) is 2. The second-order valence-corrected chi connectivity index (χ2v) is 5.86. The summed E-state index contributed by atoms with van der Waals surface area (Å²) in [6.45, 7) is 1.77. The van der Waals surface area contributed by atoms with Gasteiger partial charge in [-0.1, -0.05) is 0 Å². The molecule has 0 radical (unpaired) electrons. The van der Waals surface area contributed by atoms with Gasteiger partial charge in [-0.15, -0.1) is 0 Å². The Morgan fingerprint density at radius 3 is 2.31 bits per heavy atom. The van der Waals surface area contributed by atoms with E-state index in [0.29, 0.717) is 5.75 Å². The van der Waals surface area contributed by atoms with E-state index in [1.807, 2.05) is 0 Å². The number of aromatic hydroxyl groups is 1. The van der Waals surface area contributed by atoms with Crippen LogP contribution >= 0.6 is 0 Å². The Hall–Kier alpha value is -3.13. The zero-order valence-corrected chi connectivity index (χ0v) is 14.1. The molecule has 8 heteroatoms. The van der Waals surface area contributed by atoms with Crippen molar-refractivity contribution in [3.63, 3.8) is 0 Å². The van der Waals surface area contributed by atoms with Crippen molar-refractivity contribution in [3.8, 4) is 11.5 Å². The van der Waals surface area contributed by atoms with Gasteiger partial charge in [0.05, 0.1) is 18.1 Å². The lowest BCUT2D eigenvalue weighted by Crippen LogP contribution is -2.42. The molecule has 0 bridgehead atoms. The average molecular weight is 361 g/mol. The molecule has 2 rings (SSSR count). The first-order valence-corrected chi connectivity index (χ1v) is 7.83. The SMILES string of the molecule is CC(CCOCc1ccc([N+](=O)[O-])cc1)(Oc1ccc(O)cc1)C(=O)O. The monoisotopic (exact) mass is 361 g/mol. The molecule has 0 aliphatic heterocycles. The summed E-state index contributed by atoms with van der Waals surface area (Å²) in [5.74, 6) is -0.756. The highest BCUT2D eigenvalue weighted by molar-refractivity contribution is 5.77. The van der Waals surface area contributed by atoms with Gasteiger partial charge in [0.25, 0.3) is 5.69 Å². The second kappa shape index (κ2) is 8.30. The largest absolute Gasteiger partial charge is 0.508 e. The molecule has 0 amide bonds. The molecule has 138 valence electrons. The van der Waals surface area contributed by atoms with Crippen molar-refractivity contribution in [1.82, 2.24) is 0 Å². The molecule has 0 saturated carbocycles. The van der Waals surface area contributed by atoms with Gasteiger partial charge in [0, 0.05) is 18.6 Å². The van der Waals surface area contributed by atoms with E-state index in [2.05, 4.69) is 0 Å². The van der Waals surface area contributed by atoms with E-state index in [4.69, 9.17) is 9.47 Å². The summed E-state index contributed by atoms with van der Waals surface area (Å²) in [5, 5.41) is 29.3. The predicted molar refractivity (Wildman–Crippen MR) is 92.1 cm³/mol.